The Morgan fingerprint density at radius 3 is 2.80 bits per heavy atom. The van der Waals surface area contributed by atoms with Crippen molar-refractivity contribution in [1.82, 2.24) is 5.32 Å². The van der Waals surface area contributed by atoms with Crippen molar-refractivity contribution in [1.29, 1.82) is 0 Å². The molecule has 0 saturated carbocycles. The Labute approximate surface area is 127 Å². The van der Waals surface area contributed by atoms with Gasteiger partial charge in [-0.15, -0.1) is 12.4 Å². The van der Waals surface area contributed by atoms with Gasteiger partial charge < -0.3 is 15.2 Å². The van der Waals surface area contributed by atoms with Gasteiger partial charge in [0.25, 0.3) is 0 Å². The lowest BCUT2D eigenvalue weighted by Gasteiger charge is -2.23. The van der Waals surface area contributed by atoms with Gasteiger partial charge in [-0.2, -0.15) is 0 Å². The lowest BCUT2D eigenvalue weighted by atomic mass is 10.1. The number of allylic oxidation sites excluding steroid dienone is 1. The summed E-state index contributed by atoms with van der Waals surface area (Å²) in [7, 11) is 0. The summed E-state index contributed by atoms with van der Waals surface area (Å²) in [5.41, 5.74) is 2.46. The van der Waals surface area contributed by atoms with E-state index >= 15 is 0 Å². The van der Waals surface area contributed by atoms with Crippen LogP contribution in [0.4, 0.5) is 0 Å². The first-order valence-electron chi connectivity index (χ1n) is 6.80. The Kier molecular flexibility index (Phi) is 6.06. The predicted molar refractivity (Wildman–Crippen MR) is 85.7 cm³/mol. The van der Waals surface area contributed by atoms with Crippen LogP contribution in [-0.4, -0.2) is 29.9 Å². The number of aliphatic hydroxyl groups is 1. The van der Waals surface area contributed by atoms with E-state index in [4.69, 9.17) is 4.74 Å². The summed E-state index contributed by atoms with van der Waals surface area (Å²) in [6, 6.07) is 6.04. The van der Waals surface area contributed by atoms with E-state index in [-0.39, 0.29) is 17.9 Å². The van der Waals surface area contributed by atoms with Crippen molar-refractivity contribution < 1.29 is 9.84 Å². The second-order valence-electron chi connectivity index (χ2n) is 6.03. The molecule has 0 fully saturated rings. The third-order valence-electron chi connectivity index (χ3n) is 3.09. The van der Waals surface area contributed by atoms with Crippen LogP contribution in [0.2, 0.25) is 0 Å². The summed E-state index contributed by atoms with van der Waals surface area (Å²) in [6.45, 7) is 7.10. The van der Waals surface area contributed by atoms with Crippen LogP contribution in [0.1, 0.15) is 31.9 Å². The van der Waals surface area contributed by atoms with Gasteiger partial charge in [0.05, 0.1) is 0 Å². The maximum absolute atomic E-state index is 9.92. The lowest BCUT2D eigenvalue weighted by molar-refractivity contribution is 0.0996. The summed E-state index contributed by atoms with van der Waals surface area (Å²) >= 11 is 0. The first-order valence-corrected chi connectivity index (χ1v) is 6.80. The number of hydrogen-bond donors (Lipinski definition) is 2. The number of β-amino-alcohol motifs (C(OH)–C–C–N with tert-alkyl or cyclic N) is 1. The molecule has 1 atom stereocenters. The molecule has 2 rings (SSSR count). The summed E-state index contributed by atoms with van der Waals surface area (Å²) < 4.78 is 5.75. The minimum absolute atomic E-state index is 0. The molecule has 1 unspecified atom stereocenters. The van der Waals surface area contributed by atoms with Crippen molar-refractivity contribution in [2.75, 3.05) is 13.2 Å². The van der Waals surface area contributed by atoms with Crippen molar-refractivity contribution in [3.63, 3.8) is 0 Å². The fraction of sp³-hybridized carbons (Fsp3) is 0.500. The Hall–Kier alpha value is -1.03. The Bertz CT molecular complexity index is 466. The molecule has 1 aromatic rings. The number of fused-ring (bicyclic) bond motifs is 1. The van der Waals surface area contributed by atoms with Gasteiger partial charge in [0.15, 0.2) is 0 Å². The molecular weight excluding hydrogens is 274 g/mol. The standard InChI is InChI=1S/C16H23NO2.ClH/c1-16(2,3)17-10-13(18)11-19-15-9-5-7-12-6-4-8-14(12)15;/h4-7,9,13,17-18H,8,10-11H2,1-3H3;1H. The van der Waals surface area contributed by atoms with Crippen LogP contribution in [-0.2, 0) is 6.42 Å². The van der Waals surface area contributed by atoms with Crippen molar-refractivity contribution in [3.05, 3.63) is 35.4 Å². The number of rotatable bonds is 5. The van der Waals surface area contributed by atoms with Crippen LogP contribution in [0.25, 0.3) is 6.08 Å². The van der Waals surface area contributed by atoms with Gasteiger partial charge in [-0.25, -0.2) is 0 Å². The second kappa shape index (κ2) is 7.11. The van der Waals surface area contributed by atoms with E-state index in [1.807, 2.05) is 12.1 Å². The van der Waals surface area contributed by atoms with E-state index in [1.165, 1.54) is 11.1 Å². The zero-order valence-electron chi connectivity index (χ0n) is 12.3. The lowest BCUT2D eigenvalue weighted by Crippen LogP contribution is -2.42. The number of aliphatic hydroxyl groups excluding tert-OH is 1. The summed E-state index contributed by atoms with van der Waals surface area (Å²) in [5.74, 6) is 0.886. The highest BCUT2D eigenvalue weighted by Gasteiger charge is 2.15. The fourth-order valence-electron chi connectivity index (χ4n) is 2.07. The van der Waals surface area contributed by atoms with Crippen LogP contribution >= 0.6 is 12.4 Å². The highest BCUT2D eigenvalue weighted by Crippen LogP contribution is 2.28. The number of hydrogen-bond acceptors (Lipinski definition) is 3. The molecule has 0 aromatic heterocycles. The third kappa shape index (κ3) is 4.82. The topological polar surface area (TPSA) is 41.5 Å². The van der Waals surface area contributed by atoms with Gasteiger partial charge >= 0.3 is 0 Å². The first-order chi connectivity index (χ1) is 8.96. The van der Waals surface area contributed by atoms with Gasteiger partial charge in [0.1, 0.15) is 18.5 Å². The average molecular weight is 298 g/mol. The molecule has 112 valence electrons. The van der Waals surface area contributed by atoms with E-state index in [0.717, 1.165) is 12.2 Å². The van der Waals surface area contributed by atoms with E-state index in [1.54, 1.807) is 0 Å². The van der Waals surface area contributed by atoms with Gasteiger partial charge in [0.2, 0.25) is 0 Å². The number of nitrogens with one attached hydrogen (secondary N) is 1. The monoisotopic (exact) mass is 297 g/mol. The molecule has 0 saturated heterocycles. The highest BCUT2D eigenvalue weighted by atomic mass is 35.5. The molecule has 0 aliphatic heterocycles. The third-order valence-corrected chi connectivity index (χ3v) is 3.09. The van der Waals surface area contributed by atoms with Crippen LogP contribution in [0.3, 0.4) is 0 Å². The van der Waals surface area contributed by atoms with E-state index in [2.05, 4.69) is 44.3 Å². The van der Waals surface area contributed by atoms with Gasteiger partial charge in [-0.05, 0) is 38.8 Å². The largest absolute Gasteiger partial charge is 0.491 e. The quantitative estimate of drug-likeness (QED) is 0.878. The maximum atomic E-state index is 9.92. The summed E-state index contributed by atoms with van der Waals surface area (Å²) in [6.07, 6.45) is 4.67. The first kappa shape index (κ1) is 17.0. The molecule has 2 N–H and O–H groups in total. The van der Waals surface area contributed by atoms with Crippen molar-refractivity contribution in [2.45, 2.75) is 38.8 Å². The van der Waals surface area contributed by atoms with E-state index in [0.29, 0.717) is 13.2 Å². The normalized spacial score (nSPS) is 14.6. The van der Waals surface area contributed by atoms with Crippen LogP contribution in [0.15, 0.2) is 24.3 Å². The molecule has 4 heteroatoms. The predicted octanol–water partition coefficient (Wildman–Crippen LogP) is 2.81. The zero-order chi connectivity index (χ0) is 13.9. The molecule has 0 spiro atoms. The Morgan fingerprint density at radius 1 is 1.35 bits per heavy atom. The molecule has 1 aromatic carbocycles. The molecule has 1 aliphatic rings. The zero-order valence-corrected chi connectivity index (χ0v) is 13.2. The number of benzene rings is 1. The Balaban J connectivity index is 0.00000200. The van der Waals surface area contributed by atoms with Gasteiger partial charge in [0, 0.05) is 17.6 Å². The average Bonchev–Trinajstić information content (AvgIpc) is 2.81. The van der Waals surface area contributed by atoms with Crippen molar-refractivity contribution >= 4 is 18.5 Å². The number of halogens is 1. The van der Waals surface area contributed by atoms with Crippen molar-refractivity contribution in [2.24, 2.45) is 0 Å². The van der Waals surface area contributed by atoms with E-state index in [9.17, 15) is 5.11 Å². The summed E-state index contributed by atoms with van der Waals surface area (Å²) in [5, 5.41) is 13.2. The highest BCUT2D eigenvalue weighted by molar-refractivity contribution is 5.85. The smallest absolute Gasteiger partial charge is 0.123 e. The van der Waals surface area contributed by atoms with Crippen LogP contribution in [0.5, 0.6) is 5.75 Å². The van der Waals surface area contributed by atoms with Crippen LogP contribution in [0, 0.1) is 0 Å². The van der Waals surface area contributed by atoms with E-state index < -0.39 is 6.10 Å². The van der Waals surface area contributed by atoms with Gasteiger partial charge in [-0.1, -0.05) is 24.3 Å². The van der Waals surface area contributed by atoms with Crippen LogP contribution < -0.4 is 10.1 Å². The Morgan fingerprint density at radius 2 is 2.10 bits per heavy atom. The molecule has 0 bridgehead atoms. The molecule has 0 amide bonds. The fourth-order valence-corrected chi connectivity index (χ4v) is 2.07. The molecule has 0 radical (unpaired) electrons. The SMILES string of the molecule is CC(C)(C)NCC(O)COc1cccc2c1CC=C2.Cl. The van der Waals surface area contributed by atoms with Crippen molar-refractivity contribution in [3.8, 4) is 5.75 Å². The molecule has 20 heavy (non-hydrogen) atoms. The van der Waals surface area contributed by atoms with Gasteiger partial charge in [-0.3, -0.25) is 0 Å². The summed E-state index contributed by atoms with van der Waals surface area (Å²) in [4.78, 5) is 0. The minimum Gasteiger partial charge on any atom is -0.491 e. The minimum atomic E-state index is -0.496. The number of ether oxygens (including phenoxy) is 1. The second-order valence-corrected chi connectivity index (χ2v) is 6.03. The molecular formula is C16H24ClNO2. The molecule has 0 heterocycles. The molecule has 1 aliphatic carbocycles. The maximum Gasteiger partial charge on any atom is 0.123 e. The molecule has 3 nitrogen and oxygen atoms in total.